The normalized spacial score (nSPS) is 17.9. The first-order valence-electron chi connectivity index (χ1n) is 9.20. The van der Waals surface area contributed by atoms with Gasteiger partial charge in [0.2, 0.25) is 11.1 Å². The molecule has 2 aromatic carbocycles. The Morgan fingerprint density at radius 2 is 2.00 bits per heavy atom. The van der Waals surface area contributed by atoms with E-state index in [2.05, 4.69) is 20.9 Å². The molecule has 2 N–H and O–H groups in total. The molecule has 0 bridgehead atoms. The van der Waals surface area contributed by atoms with Crippen LogP contribution in [-0.4, -0.2) is 32.6 Å². The Hall–Kier alpha value is -2.71. The number of nitrogens with zero attached hydrogens (tertiary/aromatic N) is 3. The van der Waals surface area contributed by atoms with Gasteiger partial charge in [0, 0.05) is 0 Å². The first-order chi connectivity index (χ1) is 14.1. The van der Waals surface area contributed by atoms with Crippen LogP contribution < -0.4 is 15.5 Å². The molecule has 29 heavy (non-hydrogen) atoms. The third kappa shape index (κ3) is 4.04. The molecule has 3 aromatic rings. The summed E-state index contributed by atoms with van der Waals surface area (Å²) in [6.07, 6.45) is 0. The van der Waals surface area contributed by atoms with E-state index < -0.39 is 5.25 Å². The van der Waals surface area contributed by atoms with Gasteiger partial charge in [0.15, 0.2) is 0 Å². The molecule has 0 unspecified atom stereocenters. The van der Waals surface area contributed by atoms with E-state index in [1.54, 1.807) is 12.1 Å². The zero-order chi connectivity index (χ0) is 20.4. The predicted octanol–water partition coefficient (Wildman–Crippen LogP) is 4.04. The fourth-order valence-electron chi connectivity index (χ4n) is 3.12. The van der Waals surface area contributed by atoms with Crippen molar-refractivity contribution in [3.8, 4) is 5.75 Å². The highest BCUT2D eigenvalue weighted by Gasteiger charge is 2.37. The molecular formula is C20H20ClN5O2S. The van der Waals surface area contributed by atoms with Crippen molar-refractivity contribution in [1.82, 2.24) is 14.9 Å². The Balaban J connectivity index is 1.65. The van der Waals surface area contributed by atoms with Crippen molar-refractivity contribution in [3.63, 3.8) is 0 Å². The number of ether oxygens (including phenoxy) is 1. The number of hydrogen-bond acceptors (Lipinski definition) is 6. The standard InChI is InChI=1S/C20H20ClN5O2S/c1-3-28-14-10-8-13(9-11-14)17-18(29-20-24-23-12(2)26(20)25-17)19(27)22-16-7-5-4-6-15(16)21/h4-11,17-18,25H,3H2,1-2H3,(H,22,27)/t17-,18+/m0/s1. The van der Waals surface area contributed by atoms with E-state index in [0.29, 0.717) is 22.5 Å². The summed E-state index contributed by atoms with van der Waals surface area (Å²) < 4.78 is 7.34. The fraction of sp³-hybridized carbons (Fsp3) is 0.250. The highest BCUT2D eigenvalue weighted by molar-refractivity contribution is 8.00. The number of aromatic nitrogens is 3. The third-order valence-electron chi connectivity index (χ3n) is 4.54. The average molecular weight is 430 g/mol. The van der Waals surface area contributed by atoms with Crippen LogP contribution in [0.15, 0.2) is 53.7 Å². The molecular weight excluding hydrogens is 410 g/mol. The number of fused-ring (bicyclic) bond motifs is 1. The molecule has 1 aliphatic heterocycles. The van der Waals surface area contributed by atoms with E-state index in [1.807, 2.05) is 54.9 Å². The van der Waals surface area contributed by atoms with Crippen LogP contribution in [0.5, 0.6) is 5.75 Å². The van der Waals surface area contributed by atoms with Gasteiger partial charge in [0.05, 0.1) is 23.4 Å². The van der Waals surface area contributed by atoms with Crippen LogP contribution >= 0.6 is 23.4 Å². The molecule has 7 nitrogen and oxygen atoms in total. The highest BCUT2D eigenvalue weighted by atomic mass is 35.5. The Morgan fingerprint density at radius 3 is 2.72 bits per heavy atom. The summed E-state index contributed by atoms with van der Waals surface area (Å²) >= 11 is 7.58. The molecule has 2 atom stereocenters. The molecule has 2 heterocycles. The van der Waals surface area contributed by atoms with Crippen molar-refractivity contribution in [2.45, 2.75) is 30.3 Å². The van der Waals surface area contributed by atoms with Gasteiger partial charge in [0.25, 0.3) is 0 Å². The van der Waals surface area contributed by atoms with Crippen LogP contribution in [-0.2, 0) is 4.79 Å². The maximum atomic E-state index is 13.2. The van der Waals surface area contributed by atoms with Crippen LogP contribution in [0.4, 0.5) is 5.69 Å². The monoisotopic (exact) mass is 429 g/mol. The van der Waals surface area contributed by atoms with Crippen molar-refractivity contribution in [2.24, 2.45) is 0 Å². The summed E-state index contributed by atoms with van der Waals surface area (Å²) in [5.74, 6) is 1.35. The lowest BCUT2D eigenvalue weighted by Gasteiger charge is -2.32. The predicted molar refractivity (Wildman–Crippen MR) is 114 cm³/mol. The van der Waals surface area contributed by atoms with E-state index in [-0.39, 0.29) is 11.9 Å². The molecule has 4 rings (SSSR count). The molecule has 150 valence electrons. The number of amides is 1. The molecule has 0 radical (unpaired) electrons. The van der Waals surface area contributed by atoms with Crippen molar-refractivity contribution >= 4 is 35.0 Å². The summed E-state index contributed by atoms with van der Waals surface area (Å²) in [5, 5.41) is 11.9. The molecule has 1 amide bonds. The summed E-state index contributed by atoms with van der Waals surface area (Å²) in [4.78, 5) is 13.2. The number of aryl methyl sites for hydroxylation is 1. The van der Waals surface area contributed by atoms with Gasteiger partial charge in [0.1, 0.15) is 16.8 Å². The molecule has 0 saturated heterocycles. The number of thioether (sulfide) groups is 1. The Kier molecular flexibility index (Phi) is 5.64. The molecule has 0 spiro atoms. The van der Waals surface area contributed by atoms with E-state index in [1.165, 1.54) is 11.8 Å². The highest BCUT2D eigenvalue weighted by Crippen LogP contribution is 2.38. The lowest BCUT2D eigenvalue weighted by molar-refractivity contribution is -0.116. The fourth-order valence-corrected chi connectivity index (χ4v) is 4.42. The molecule has 0 saturated carbocycles. The van der Waals surface area contributed by atoms with Gasteiger partial charge < -0.3 is 15.5 Å². The quantitative estimate of drug-likeness (QED) is 0.637. The van der Waals surface area contributed by atoms with Crippen LogP contribution in [0, 0.1) is 6.92 Å². The average Bonchev–Trinajstić information content (AvgIpc) is 3.10. The van der Waals surface area contributed by atoms with Crippen molar-refractivity contribution in [1.29, 1.82) is 0 Å². The topological polar surface area (TPSA) is 81.1 Å². The minimum Gasteiger partial charge on any atom is -0.494 e. The third-order valence-corrected chi connectivity index (χ3v) is 6.08. The lowest BCUT2D eigenvalue weighted by Crippen LogP contribution is -2.41. The lowest BCUT2D eigenvalue weighted by atomic mass is 10.0. The first-order valence-corrected chi connectivity index (χ1v) is 10.5. The van der Waals surface area contributed by atoms with Gasteiger partial charge in [-0.15, -0.1) is 10.2 Å². The number of carbonyl (C=O) groups excluding carboxylic acids is 1. The van der Waals surface area contributed by atoms with Gasteiger partial charge in [-0.1, -0.05) is 47.6 Å². The maximum absolute atomic E-state index is 13.2. The number of nitrogens with one attached hydrogen (secondary N) is 2. The smallest absolute Gasteiger partial charge is 0.240 e. The Labute approximate surface area is 177 Å². The number of benzene rings is 2. The first kappa shape index (κ1) is 19.6. The second-order valence-electron chi connectivity index (χ2n) is 6.48. The largest absolute Gasteiger partial charge is 0.494 e. The van der Waals surface area contributed by atoms with Crippen LogP contribution in [0.25, 0.3) is 0 Å². The second-order valence-corrected chi connectivity index (χ2v) is 8.00. The van der Waals surface area contributed by atoms with Gasteiger partial charge in [-0.3, -0.25) is 4.79 Å². The molecule has 9 heteroatoms. The van der Waals surface area contributed by atoms with Crippen molar-refractivity contribution < 1.29 is 9.53 Å². The molecule has 0 fully saturated rings. The SMILES string of the molecule is CCOc1ccc([C@@H]2Nn3c(C)nnc3S[C@H]2C(=O)Nc2ccccc2Cl)cc1. The Bertz CT molecular complexity index is 1020. The Morgan fingerprint density at radius 1 is 1.24 bits per heavy atom. The van der Waals surface area contributed by atoms with Crippen LogP contribution in [0.3, 0.4) is 0 Å². The van der Waals surface area contributed by atoms with E-state index in [9.17, 15) is 4.79 Å². The summed E-state index contributed by atoms with van der Waals surface area (Å²) in [7, 11) is 0. The summed E-state index contributed by atoms with van der Waals surface area (Å²) in [6.45, 7) is 4.41. The van der Waals surface area contributed by atoms with Crippen LogP contribution in [0.2, 0.25) is 5.02 Å². The van der Waals surface area contributed by atoms with Gasteiger partial charge in [-0.25, -0.2) is 4.68 Å². The number of hydrogen-bond donors (Lipinski definition) is 2. The van der Waals surface area contributed by atoms with Gasteiger partial charge in [-0.05, 0) is 43.7 Å². The number of rotatable bonds is 5. The van der Waals surface area contributed by atoms with Crippen molar-refractivity contribution in [3.05, 3.63) is 64.9 Å². The number of para-hydroxylation sites is 1. The zero-order valence-corrected chi connectivity index (χ0v) is 17.5. The second kappa shape index (κ2) is 8.34. The van der Waals surface area contributed by atoms with E-state index in [0.717, 1.165) is 17.1 Å². The van der Waals surface area contributed by atoms with E-state index >= 15 is 0 Å². The minimum absolute atomic E-state index is 0.165. The van der Waals surface area contributed by atoms with Crippen LogP contribution in [0.1, 0.15) is 24.4 Å². The molecule has 0 aliphatic carbocycles. The molecule has 1 aliphatic rings. The maximum Gasteiger partial charge on any atom is 0.240 e. The number of halogens is 1. The van der Waals surface area contributed by atoms with Gasteiger partial charge >= 0.3 is 0 Å². The number of anilines is 1. The van der Waals surface area contributed by atoms with E-state index in [4.69, 9.17) is 16.3 Å². The minimum atomic E-state index is -0.472. The van der Waals surface area contributed by atoms with Crippen molar-refractivity contribution in [2.75, 3.05) is 17.3 Å². The number of carbonyl (C=O) groups is 1. The summed E-state index contributed by atoms with van der Waals surface area (Å²) in [5.41, 5.74) is 4.92. The summed E-state index contributed by atoms with van der Waals surface area (Å²) in [6, 6.07) is 14.6. The molecule has 1 aromatic heterocycles. The zero-order valence-electron chi connectivity index (χ0n) is 15.9. The van der Waals surface area contributed by atoms with Gasteiger partial charge in [-0.2, -0.15) is 0 Å².